The zero-order chi connectivity index (χ0) is 6.48. The third-order valence-electron chi connectivity index (χ3n) is 2.42. The first kappa shape index (κ1) is 8.21. The Balaban J connectivity index is 0.000000500. The van der Waals surface area contributed by atoms with E-state index in [1.165, 1.54) is 0 Å². The van der Waals surface area contributed by atoms with Crippen molar-refractivity contribution in [3.8, 4) is 0 Å². The van der Waals surface area contributed by atoms with E-state index in [0.717, 1.165) is 6.54 Å². The fourth-order valence-corrected chi connectivity index (χ4v) is 1.78. The lowest BCUT2D eigenvalue weighted by Gasteiger charge is -2.38. The summed E-state index contributed by atoms with van der Waals surface area (Å²) in [4.78, 5) is 0. The fraction of sp³-hybridized carbons (Fsp3) is 1.00. The molecule has 2 unspecified atom stereocenters. The van der Waals surface area contributed by atoms with Crippen molar-refractivity contribution in [2.24, 2.45) is 11.8 Å². The van der Waals surface area contributed by atoms with Gasteiger partial charge in [0.1, 0.15) is 0 Å². The quantitative estimate of drug-likeness (QED) is 0.576. The number of hydrogen-bond acceptors (Lipinski definition) is 1. The molecule has 1 nitrogen and oxygen atoms in total. The van der Waals surface area contributed by atoms with Gasteiger partial charge in [0.25, 0.3) is 5.92 Å². The number of fused-ring (bicyclic) bond motifs is 1. The van der Waals surface area contributed by atoms with Crippen molar-refractivity contribution in [1.82, 2.24) is 5.32 Å². The first-order chi connectivity index (χ1) is 4.20. The van der Waals surface area contributed by atoms with E-state index in [1.54, 1.807) is 0 Å². The van der Waals surface area contributed by atoms with Gasteiger partial charge in [-0.2, -0.15) is 0 Å². The van der Waals surface area contributed by atoms with E-state index in [2.05, 4.69) is 5.32 Å². The van der Waals surface area contributed by atoms with Crippen LogP contribution in [0.25, 0.3) is 0 Å². The Bertz CT molecular complexity index is 140. The molecular weight excluding hydrogens is 160 g/mol. The summed E-state index contributed by atoms with van der Waals surface area (Å²) in [7, 11) is 0. The highest BCUT2D eigenvalue weighted by atomic mass is 35.5. The van der Waals surface area contributed by atoms with E-state index in [9.17, 15) is 8.78 Å². The summed E-state index contributed by atoms with van der Waals surface area (Å²) in [6.07, 6.45) is 0.116. The van der Waals surface area contributed by atoms with E-state index in [-0.39, 0.29) is 30.7 Å². The minimum absolute atomic E-state index is 0. The van der Waals surface area contributed by atoms with Gasteiger partial charge in [-0.15, -0.1) is 12.4 Å². The fourth-order valence-electron chi connectivity index (χ4n) is 1.78. The average Bonchev–Trinajstić information content (AvgIpc) is 2.10. The monoisotopic (exact) mass is 169 g/mol. The second-order valence-corrected chi connectivity index (χ2v) is 2.99. The highest BCUT2D eigenvalue weighted by molar-refractivity contribution is 5.85. The molecule has 0 aromatic rings. The van der Waals surface area contributed by atoms with Gasteiger partial charge >= 0.3 is 0 Å². The smallest absolute Gasteiger partial charge is 0.252 e. The van der Waals surface area contributed by atoms with E-state index in [4.69, 9.17) is 0 Å². The van der Waals surface area contributed by atoms with E-state index in [0.29, 0.717) is 6.54 Å². The van der Waals surface area contributed by atoms with Crippen molar-refractivity contribution < 1.29 is 8.78 Å². The lowest BCUT2D eigenvalue weighted by molar-refractivity contribution is -0.152. The number of alkyl halides is 2. The maximum atomic E-state index is 12.5. The van der Waals surface area contributed by atoms with Crippen LogP contribution in [-0.2, 0) is 0 Å². The molecule has 2 atom stereocenters. The molecule has 4 heteroatoms. The molecule has 10 heavy (non-hydrogen) atoms. The predicted octanol–water partition coefficient (Wildman–Crippen LogP) is 1.28. The van der Waals surface area contributed by atoms with Gasteiger partial charge in [-0.05, 0) is 12.5 Å². The van der Waals surface area contributed by atoms with Crippen LogP contribution in [0.2, 0.25) is 0 Å². The topological polar surface area (TPSA) is 12.0 Å². The van der Waals surface area contributed by atoms with Crippen LogP contribution < -0.4 is 5.32 Å². The van der Waals surface area contributed by atoms with Crippen molar-refractivity contribution in [2.75, 3.05) is 13.1 Å². The molecule has 1 saturated heterocycles. The predicted molar refractivity (Wildman–Crippen MR) is 36.7 cm³/mol. The van der Waals surface area contributed by atoms with Crippen LogP contribution in [0.15, 0.2) is 0 Å². The first-order valence-electron chi connectivity index (χ1n) is 3.29. The van der Waals surface area contributed by atoms with Crippen molar-refractivity contribution in [3.63, 3.8) is 0 Å². The maximum Gasteiger partial charge on any atom is 0.252 e. The van der Waals surface area contributed by atoms with Gasteiger partial charge in [-0.3, -0.25) is 0 Å². The molecule has 0 bridgehead atoms. The molecule has 0 aromatic carbocycles. The molecule has 60 valence electrons. The molecule has 1 saturated carbocycles. The van der Waals surface area contributed by atoms with Gasteiger partial charge in [-0.1, -0.05) is 0 Å². The highest BCUT2D eigenvalue weighted by Gasteiger charge is 2.57. The van der Waals surface area contributed by atoms with Gasteiger partial charge in [0.15, 0.2) is 0 Å². The maximum absolute atomic E-state index is 12.5. The zero-order valence-corrected chi connectivity index (χ0v) is 6.26. The Labute approximate surface area is 64.6 Å². The summed E-state index contributed by atoms with van der Waals surface area (Å²) in [5.41, 5.74) is 0. The molecule has 0 amide bonds. The number of hydrogen-bond donors (Lipinski definition) is 1. The molecule has 0 radical (unpaired) electrons. The Kier molecular flexibility index (Phi) is 1.90. The highest BCUT2D eigenvalue weighted by Crippen LogP contribution is 2.49. The molecule has 1 aliphatic heterocycles. The largest absolute Gasteiger partial charge is 0.316 e. The standard InChI is InChI=1S/C6H9F2N.ClH/c7-6(8)1-4-2-9-3-5(4)6;/h4-5,9H,1-3H2;1H. The first-order valence-corrected chi connectivity index (χ1v) is 3.29. The summed E-state index contributed by atoms with van der Waals surface area (Å²) in [5.74, 6) is -2.40. The summed E-state index contributed by atoms with van der Waals surface area (Å²) in [6.45, 7) is 1.33. The van der Waals surface area contributed by atoms with E-state index in [1.807, 2.05) is 0 Å². The summed E-state index contributed by atoms with van der Waals surface area (Å²) in [5, 5.41) is 2.96. The van der Waals surface area contributed by atoms with Crippen molar-refractivity contribution in [1.29, 1.82) is 0 Å². The Morgan fingerprint density at radius 2 is 2.00 bits per heavy atom. The lowest BCUT2D eigenvalue weighted by Crippen LogP contribution is -2.46. The van der Waals surface area contributed by atoms with Crippen LogP contribution in [0.1, 0.15) is 6.42 Å². The van der Waals surface area contributed by atoms with Gasteiger partial charge in [-0.25, -0.2) is 8.78 Å². The third-order valence-corrected chi connectivity index (χ3v) is 2.42. The molecule has 1 heterocycles. The minimum Gasteiger partial charge on any atom is -0.316 e. The van der Waals surface area contributed by atoms with Crippen molar-refractivity contribution >= 4 is 12.4 Å². The average molecular weight is 170 g/mol. The minimum atomic E-state index is -2.34. The molecule has 2 fully saturated rings. The van der Waals surface area contributed by atoms with Crippen LogP contribution in [0.5, 0.6) is 0 Å². The SMILES string of the molecule is Cl.FC1(F)CC2CNCC21. The van der Waals surface area contributed by atoms with Crippen LogP contribution in [0.4, 0.5) is 8.78 Å². The Morgan fingerprint density at radius 3 is 2.40 bits per heavy atom. The normalized spacial score (nSPS) is 41.4. The zero-order valence-electron chi connectivity index (χ0n) is 5.44. The van der Waals surface area contributed by atoms with E-state index >= 15 is 0 Å². The molecule has 0 aromatic heterocycles. The second-order valence-electron chi connectivity index (χ2n) is 2.99. The number of rotatable bonds is 0. The molecular formula is C6H10ClF2N. The lowest BCUT2D eigenvalue weighted by atomic mass is 9.72. The van der Waals surface area contributed by atoms with Crippen LogP contribution in [-0.4, -0.2) is 19.0 Å². The number of halogens is 3. The van der Waals surface area contributed by atoms with Gasteiger partial charge in [0.2, 0.25) is 0 Å². The van der Waals surface area contributed by atoms with Crippen molar-refractivity contribution in [2.45, 2.75) is 12.3 Å². The molecule has 0 spiro atoms. The van der Waals surface area contributed by atoms with Gasteiger partial charge in [0, 0.05) is 18.9 Å². The van der Waals surface area contributed by atoms with Crippen molar-refractivity contribution in [3.05, 3.63) is 0 Å². The van der Waals surface area contributed by atoms with E-state index < -0.39 is 5.92 Å². The second kappa shape index (κ2) is 2.31. The molecule has 2 aliphatic rings. The van der Waals surface area contributed by atoms with Gasteiger partial charge in [0.05, 0.1) is 0 Å². The molecule has 1 aliphatic carbocycles. The summed E-state index contributed by atoms with van der Waals surface area (Å²) >= 11 is 0. The summed E-state index contributed by atoms with van der Waals surface area (Å²) in [6, 6.07) is 0. The van der Waals surface area contributed by atoms with Crippen LogP contribution in [0, 0.1) is 11.8 Å². The summed E-state index contributed by atoms with van der Waals surface area (Å²) < 4.78 is 24.9. The number of nitrogens with one attached hydrogen (secondary N) is 1. The Hall–Kier alpha value is 0.110. The van der Waals surface area contributed by atoms with Gasteiger partial charge < -0.3 is 5.32 Å². The van der Waals surface area contributed by atoms with Crippen LogP contribution in [0.3, 0.4) is 0 Å². The van der Waals surface area contributed by atoms with Crippen LogP contribution >= 0.6 is 12.4 Å². The third kappa shape index (κ3) is 0.920. The molecule has 1 N–H and O–H groups in total. The molecule has 2 rings (SSSR count). The Morgan fingerprint density at radius 1 is 1.30 bits per heavy atom.